The Balaban J connectivity index is 2.23. The molecule has 2 rings (SSSR count). The van der Waals surface area contributed by atoms with Crippen LogP contribution in [0.4, 0.5) is 5.69 Å². The van der Waals surface area contributed by atoms with E-state index in [2.05, 4.69) is 41.1 Å². The van der Waals surface area contributed by atoms with Crippen LogP contribution in [-0.2, 0) is 0 Å². The van der Waals surface area contributed by atoms with E-state index in [0.717, 1.165) is 25.1 Å². The lowest BCUT2D eigenvalue weighted by molar-refractivity contribution is 0.275. The first-order chi connectivity index (χ1) is 8.09. The van der Waals surface area contributed by atoms with E-state index in [1.807, 2.05) is 14.1 Å². The molecule has 92 valence electrons. The maximum Gasteiger partial charge on any atom is 0.0726 e. The van der Waals surface area contributed by atoms with Crippen molar-refractivity contribution < 1.29 is 0 Å². The second-order valence-corrected chi connectivity index (χ2v) is 5.00. The summed E-state index contributed by atoms with van der Waals surface area (Å²) < 4.78 is 0. The van der Waals surface area contributed by atoms with Crippen LogP contribution in [-0.4, -0.2) is 38.3 Å². The molecule has 3 nitrogen and oxygen atoms in total. The van der Waals surface area contributed by atoms with Crippen molar-refractivity contribution in [3.05, 3.63) is 29.8 Å². The van der Waals surface area contributed by atoms with Crippen LogP contribution in [0.5, 0.6) is 0 Å². The predicted octanol–water partition coefficient (Wildman–Crippen LogP) is 2.54. The van der Waals surface area contributed by atoms with Gasteiger partial charge in [0, 0.05) is 25.5 Å². The average Bonchev–Trinajstić information content (AvgIpc) is 2.29. The van der Waals surface area contributed by atoms with Gasteiger partial charge in [0.25, 0.3) is 0 Å². The summed E-state index contributed by atoms with van der Waals surface area (Å²) in [6.07, 6.45) is 2.05. The molecule has 1 aliphatic rings. The monoisotopic (exact) mass is 231 g/mol. The zero-order valence-corrected chi connectivity index (χ0v) is 10.9. The average molecular weight is 231 g/mol. The zero-order valence-electron chi connectivity index (χ0n) is 10.9. The molecule has 1 saturated heterocycles. The van der Waals surface area contributed by atoms with Crippen molar-refractivity contribution in [1.29, 1.82) is 5.41 Å². The van der Waals surface area contributed by atoms with Crippen molar-refractivity contribution >= 4 is 11.4 Å². The SMILES string of the molecule is CN(C)c1ccc(C2C(=N)CCCN2C)cc1. The van der Waals surface area contributed by atoms with Gasteiger partial charge in [-0.25, -0.2) is 0 Å². The van der Waals surface area contributed by atoms with Crippen LogP contribution in [0, 0.1) is 5.41 Å². The minimum Gasteiger partial charge on any atom is -0.378 e. The molecular formula is C14H21N3. The highest BCUT2D eigenvalue weighted by Crippen LogP contribution is 2.28. The van der Waals surface area contributed by atoms with Crippen LogP contribution in [0.2, 0.25) is 0 Å². The molecule has 1 unspecified atom stereocenters. The van der Waals surface area contributed by atoms with Crippen molar-refractivity contribution in [2.75, 3.05) is 32.6 Å². The van der Waals surface area contributed by atoms with E-state index in [1.165, 1.54) is 11.3 Å². The fourth-order valence-electron chi connectivity index (χ4n) is 2.46. The van der Waals surface area contributed by atoms with Crippen LogP contribution >= 0.6 is 0 Å². The Bertz CT molecular complexity index is 394. The molecule has 0 spiro atoms. The maximum absolute atomic E-state index is 8.10. The first-order valence-corrected chi connectivity index (χ1v) is 6.14. The molecule has 1 N–H and O–H groups in total. The van der Waals surface area contributed by atoms with Gasteiger partial charge in [-0.1, -0.05) is 12.1 Å². The molecule has 0 radical (unpaired) electrons. The van der Waals surface area contributed by atoms with Crippen LogP contribution in [0.1, 0.15) is 24.4 Å². The third kappa shape index (κ3) is 2.50. The number of likely N-dealkylation sites (tertiary alicyclic amines) is 1. The molecule has 0 amide bonds. The summed E-state index contributed by atoms with van der Waals surface area (Å²) >= 11 is 0. The van der Waals surface area contributed by atoms with Gasteiger partial charge < -0.3 is 10.3 Å². The van der Waals surface area contributed by atoms with Crippen LogP contribution in [0.15, 0.2) is 24.3 Å². The van der Waals surface area contributed by atoms with Crippen molar-refractivity contribution in [1.82, 2.24) is 4.90 Å². The third-order valence-electron chi connectivity index (χ3n) is 3.45. The summed E-state index contributed by atoms with van der Waals surface area (Å²) in [5.41, 5.74) is 3.29. The van der Waals surface area contributed by atoms with Crippen molar-refractivity contribution in [3.63, 3.8) is 0 Å². The number of hydrogen-bond acceptors (Lipinski definition) is 3. The van der Waals surface area contributed by atoms with Gasteiger partial charge in [0.2, 0.25) is 0 Å². The van der Waals surface area contributed by atoms with E-state index in [0.29, 0.717) is 0 Å². The maximum atomic E-state index is 8.10. The lowest BCUT2D eigenvalue weighted by atomic mass is 9.94. The van der Waals surface area contributed by atoms with E-state index in [-0.39, 0.29) is 6.04 Å². The fourth-order valence-corrected chi connectivity index (χ4v) is 2.46. The van der Waals surface area contributed by atoms with Crippen molar-refractivity contribution in [2.24, 2.45) is 0 Å². The molecule has 17 heavy (non-hydrogen) atoms. The van der Waals surface area contributed by atoms with E-state index >= 15 is 0 Å². The standard InChI is InChI=1S/C14H21N3/c1-16(2)12-8-6-11(7-9-12)14-13(15)5-4-10-17(14)3/h6-9,14-15H,4-5,10H2,1-3H3. The van der Waals surface area contributed by atoms with Gasteiger partial charge >= 0.3 is 0 Å². The molecule has 0 aliphatic carbocycles. The fraction of sp³-hybridized carbons (Fsp3) is 0.500. The number of piperidine rings is 1. The lowest BCUT2D eigenvalue weighted by Crippen LogP contribution is -2.35. The number of rotatable bonds is 2. The molecule has 1 fully saturated rings. The molecule has 0 bridgehead atoms. The molecule has 1 aliphatic heterocycles. The lowest BCUT2D eigenvalue weighted by Gasteiger charge is -2.33. The molecule has 0 saturated carbocycles. The Morgan fingerprint density at radius 3 is 2.41 bits per heavy atom. The molecule has 3 heteroatoms. The summed E-state index contributed by atoms with van der Waals surface area (Å²) in [5, 5.41) is 8.10. The molecule has 1 atom stereocenters. The number of nitrogens with zero attached hydrogens (tertiary/aromatic N) is 2. The molecule has 1 aromatic rings. The molecule has 1 heterocycles. The summed E-state index contributed by atoms with van der Waals surface area (Å²) in [6.45, 7) is 1.09. The Kier molecular flexibility index (Phi) is 3.48. The first kappa shape index (κ1) is 12.1. The van der Waals surface area contributed by atoms with E-state index in [1.54, 1.807) is 0 Å². The minimum absolute atomic E-state index is 0.181. The second-order valence-electron chi connectivity index (χ2n) is 5.00. The van der Waals surface area contributed by atoms with E-state index in [9.17, 15) is 0 Å². The highest BCUT2D eigenvalue weighted by atomic mass is 15.1. The Hall–Kier alpha value is -1.35. The molecule has 1 aromatic carbocycles. The third-order valence-corrected chi connectivity index (χ3v) is 3.45. The van der Waals surface area contributed by atoms with E-state index in [4.69, 9.17) is 5.41 Å². The highest BCUT2D eigenvalue weighted by Gasteiger charge is 2.25. The Morgan fingerprint density at radius 1 is 1.24 bits per heavy atom. The van der Waals surface area contributed by atoms with Gasteiger partial charge in [-0.3, -0.25) is 4.90 Å². The van der Waals surface area contributed by atoms with Gasteiger partial charge in [-0.15, -0.1) is 0 Å². The smallest absolute Gasteiger partial charge is 0.0726 e. The molecular weight excluding hydrogens is 210 g/mol. The summed E-state index contributed by atoms with van der Waals surface area (Å²) in [5.74, 6) is 0. The number of anilines is 1. The minimum atomic E-state index is 0.181. The highest BCUT2D eigenvalue weighted by molar-refractivity contribution is 5.88. The number of benzene rings is 1. The zero-order chi connectivity index (χ0) is 12.4. The molecule has 0 aromatic heterocycles. The first-order valence-electron chi connectivity index (χ1n) is 6.14. The summed E-state index contributed by atoms with van der Waals surface area (Å²) in [7, 11) is 6.20. The second kappa shape index (κ2) is 4.88. The van der Waals surface area contributed by atoms with Gasteiger partial charge in [0.1, 0.15) is 0 Å². The van der Waals surface area contributed by atoms with Crippen LogP contribution < -0.4 is 4.90 Å². The normalized spacial score (nSPS) is 21.6. The van der Waals surface area contributed by atoms with Crippen LogP contribution in [0.25, 0.3) is 0 Å². The Morgan fingerprint density at radius 2 is 1.88 bits per heavy atom. The topological polar surface area (TPSA) is 30.3 Å². The number of hydrogen-bond donors (Lipinski definition) is 1. The van der Waals surface area contributed by atoms with Gasteiger partial charge in [-0.05, 0) is 44.1 Å². The predicted molar refractivity (Wildman–Crippen MR) is 73.1 cm³/mol. The largest absolute Gasteiger partial charge is 0.378 e. The number of nitrogens with one attached hydrogen (secondary N) is 1. The van der Waals surface area contributed by atoms with Crippen LogP contribution in [0.3, 0.4) is 0 Å². The summed E-state index contributed by atoms with van der Waals surface area (Å²) in [6, 6.07) is 8.74. The van der Waals surface area contributed by atoms with Gasteiger partial charge in [0.05, 0.1) is 6.04 Å². The van der Waals surface area contributed by atoms with E-state index < -0.39 is 0 Å². The van der Waals surface area contributed by atoms with Gasteiger partial charge in [0.15, 0.2) is 0 Å². The summed E-state index contributed by atoms with van der Waals surface area (Å²) in [4.78, 5) is 4.37. The van der Waals surface area contributed by atoms with Crippen molar-refractivity contribution in [3.8, 4) is 0 Å². The Labute approximate surface area is 104 Å². The quantitative estimate of drug-likeness (QED) is 0.848. The van der Waals surface area contributed by atoms with Crippen molar-refractivity contribution in [2.45, 2.75) is 18.9 Å². The van der Waals surface area contributed by atoms with Gasteiger partial charge in [-0.2, -0.15) is 0 Å².